The van der Waals surface area contributed by atoms with Gasteiger partial charge in [-0.15, -0.1) is 0 Å². The minimum atomic E-state index is 0.359. The third-order valence-electron chi connectivity index (χ3n) is 3.53. The zero-order chi connectivity index (χ0) is 13.7. The van der Waals surface area contributed by atoms with Crippen molar-refractivity contribution in [2.75, 3.05) is 36.9 Å². The lowest BCUT2D eigenvalue weighted by molar-refractivity contribution is 0.106. The molecule has 1 aliphatic rings. The van der Waals surface area contributed by atoms with E-state index in [-0.39, 0.29) is 0 Å². The minimum absolute atomic E-state index is 0.359. The summed E-state index contributed by atoms with van der Waals surface area (Å²) in [5, 5.41) is 0. The van der Waals surface area contributed by atoms with E-state index >= 15 is 0 Å². The second-order valence-electron chi connectivity index (χ2n) is 5.11. The Morgan fingerprint density at radius 3 is 3.05 bits per heavy atom. The average Bonchev–Trinajstić information content (AvgIpc) is 2.88. The van der Waals surface area contributed by atoms with Crippen molar-refractivity contribution in [2.24, 2.45) is 5.92 Å². The van der Waals surface area contributed by atoms with Gasteiger partial charge in [0.15, 0.2) is 0 Å². The van der Waals surface area contributed by atoms with Crippen molar-refractivity contribution in [3.8, 4) is 0 Å². The first kappa shape index (κ1) is 14.1. The van der Waals surface area contributed by atoms with Crippen molar-refractivity contribution in [3.05, 3.63) is 11.8 Å². The van der Waals surface area contributed by atoms with Crippen LogP contribution in [0.2, 0.25) is 0 Å². The van der Waals surface area contributed by atoms with Crippen LogP contribution in [0.3, 0.4) is 0 Å². The molecular formula is C14H24N4O. The summed E-state index contributed by atoms with van der Waals surface area (Å²) in [5.41, 5.74) is 6.88. The molecule has 0 saturated carbocycles. The lowest BCUT2D eigenvalue weighted by atomic mass is 10.1. The molecule has 1 saturated heterocycles. The van der Waals surface area contributed by atoms with Gasteiger partial charge >= 0.3 is 0 Å². The fraction of sp³-hybridized carbons (Fsp3) is 0.714. The normalized spacial score (nSPS) is 19.1. The number of nitrogens with two attached hydrogens (primary N) is 1. The molecule has 5 heteroatoms. The Morgan fingerprint density at radius 2 is 2.32 bits per heavy atom. The molecule has 2 N–H and O–H groups in total. The van der Waals surface area contributed by atoms with Crippen LogP contribution in [-0.2, 0) is 11.2 Å². The monoisotopic (exact) mass is 264 g/mol. The molecule has 0 amide bonds. The maximum atomic E-state index is 5.71. The summed E-state index contributed by atoms with van der Waals surface area (Å²) >= 11 is 0. The second kappa shape index (κ2) is 6.70. The van der Waals surface area contributed by atoms with E-state index < -0.39 is 0 Å². The van der Waals surface area contributed by atoms with Crippen LogP contribution in [0.25, 0.3) is 0 Å². The van der Waals surface area contributed by atoms with Gasteiger partial charge in [-0.25, -0.2) is 4.98 Å². The maximum absolute atomic E-state index is 5.71. The summed E-state index contributed by atoms with van der Waals surface area (Å²) in [6.45, 7) is 8.01. The van der Waals surface area contributed by atoms with E-state index in [1.165, 1.54) is 5.56 Å². The highest BCUT2D eigenvalue weighted by atomic mass is 16.5. The number of hydrogen-bond donors (Lipinski definition) is 1. The van der Waals surface area contributed by atoms with E-state index in [1.807, 2.05) is 6.20 Å². The molecule has 5 nitrogen and oxygen atoms in total. The molecule has 0 aromatic carbocycles. The summed E-state index contributed by atoms with van der Waals surface area (Å²) in [6, 6.07) is 0. The lowest BCUT2D eigenvalue weighted by Gasteiger charge is -2.20. The van der Waals surface area contributed by atoms with Crippen molar-refractivity contribution in [2.45, 2.75) is 33.1 Å². The number of nitrogen functional groups attached to an aromatic ring is 1. The van der Waals surface area contributed by atoms with E-state index in [4.69, 9.17) is 10.5 Å². The molecule has 1 atom stereocenters. The smallest absolute Gasteiger partial charge is 0.221 e. The molecule has 1 aromatic rings. The van der Waals surface area contributed by atoms with Crippen LogP contribution in [0, 0.1) is 5.92 Å². The lowest BCUT2D eigenvalue weighted by Crippen LogP contribution is -2.24. The first-order valence-electron chi connectivity index (χ1n) is 7.18. The molecule has 1 aliphatic heterocycles. The van der Waals surface area contributed by atoms with E-state index in [0.29, 0.717) is 11.9 Å². The standard InChI is InChI=1S/C14H24N4O/c1-3-7-19-10-11-5-6-18(9-11)13-12(4-2)8-16-14(15)17-13/h8,11H,3-7,9-10H2,1-2H3,(H2,15,16,17)/t11-/m0/s1. The van der Waals surface area contributed by atoms with E-state index in [2.05, 4.69) is 28.7 Å². The van der Waals surface area contributed by atoms with Crippen LogP contribution in [0.15, 0.2) is 6.20 Å². The Labute approximate surface area is 115 Å². The minimum Gasteiger partial charge on any atom is -0.381 e. The zero-order valence-electron chi connectivity index (χ0n) is 11.9. The average molecular weight is 264 g/mol. The second-order valence-corrected chi connectivity index (χ2v) is 5.11. The van der Waals surface area contributed by atoms with Crippen molar-refractivity contribution in [1.82, 2.24) is 9.97 Å². The molecule has 1 fully saturated rings. The number of anilines is 2. The van der Waals surface area contributed by atoms with Gasteiger partial charge in [0.05, 0.1) is 6.61 Å². The quantitative estimate of drug-likeness (QED) is 0.795. The van der Waals surface area contributed by atoms with Crippen molar-refractivity contribution in [1.29, 1.82) is 0 Å². The Balaban J connectivity index is 1.98. The number of aryl methyl sites for hydroxylation is 1. The molecule has 106 valence electrons. The predicted molar refractivity (Wildman–Crippen MR) is 77.3 cm³/mol. The molecule has 0 aliphatic carbocycles. The molecule has 19 heavy (non-hydrogen) atoms. The van der Waals surface area contributed by atoms with Gasteiger partial charge in [0.1, 0.15) is 5.82 Å². The molecule has 1 aromatic heterocycles. The van der Waals surface area contributed by atoms with E-state index in [1.54, 1.807) is 0 Å². The van der Waals surface area contributed by atoms with Gasteiger partial charge in [-0.3, -0.25) is 0 Å². The Hall–Kier alpha value is -1.36. The number of nitrogens with zero attached hydrogens (tertiary/aromatic N) is 3. The van der Waals surface area contributed by atoms with Crippen molar-refractivity contribution >= 4 is 11.8 Å². The fourth-order valence-electron chi connectivity index (χ4n) is 2.49. The van der Waals surface area contributed by atoms with E-state index in [0.717, 1.165) is 51.4 Å². The number of aromatic nitrogens is 2. The Kier molecular flexibility index (Phi) is 4.96. The summed E-state index contributed by atoms with van der Waals surface area (Å²) in [4.78, 5) is 10.8. The summed E-state index contributed by atoms with van der Waals surface area (Å²) in [7, 11) is 0. The summed E-state index contributed by atoms with van der Waals surface area (Å²) in [5.74, 6) is 1.97. The van der Waals surface area contributed by atoms with Crippen LogP contribution in [0.4, 0.5) is 11.8 Å². The third-order valence-corrected chi connectivity index (χ3v) is 3.53. The topological polar surface area (TPSA) is 64.3 Å². The van der Waals surface area contributed by atoms with Gasteiger partial charge in [-0.2, -0.15) is 4.98 Å². The van der Waals surface area contributed by atoms with E-state index in [9.17, 15) is 0 Å². The molecule has 0 unspecified atom stereocenters. The molecule has 0 radical (unpaired) electrons. The highest BCUT2D eigenvalue weighted by Crippen LogP contribution is 2.26. The van der Waals surface area contributed by atoms with Gasteiger partial charge in [-0.05, 0) is 19.3 Å². The van der Waals surface area contributed by atoms with Gasteiger partial charge < -0.3 is 15.4 Å². The van der Waals surface area contributed by atoms with Crippen LogP contribution in [-0.4, -0.2) is 36.3 Å². The van der Waals surface area contributed by atoms with Crippen molar-refractivity contribution < 1.29 is 4.74 Å². The summed E-state index contributed by atoms with van der Waals surface area (Å²) < 4.78 is 5.65. The fourth-order valence-corrected chi connectivity index (χ4v) is 2.49. The number of ether oxygens (including phenoxy) is 1. The van der Waals surface area contributed by atoms with Crippen LogP contribution in [0.5, 0.6) is 0 Å². The molecule has 0 bridgehead atoms. The van der Waals surface area contributed by atoms with Crippen LogP contribution < -0.4 is 10.6 Å². The largest absolute Gasteiger partial charge is 0.381 e. The Bertz CT molecular complexity index is 410. The van der Waals surface area contributed by atoms with Crippen molar-refractivity contribution in [3.63, 3.8) is 0 Å². The van der Waals surface area contributed by atoms with Crippen LogP contribution >= 0.6 is 0 Å². The molecule has 2 rings (SSSR count). The first-order chi connectivity index (χ1) is 9.24. The van der Waals surface area contributed by atoms with Gasteiger partial charge in [0.25, 0.3) is 0 Å². The number of hydrogen-bond acceptors (Lipinski definition) is 5. The highest BCUT2D eigenvalue weighted by Gasteiger charge is 2.25. The first-order valence-corrected chi connectivity index (χ1v) is 7.18. The SMILES string of the molecule is CCCOC[C@H]1CCN(c2nc(N)ncc2CC)C1. The van der Waals surface area contributed by atoms with Crippen LogP contribution in [0.1, 0.15) is 32.3 Å². The van der Waals surface area contributed by atoms with Gasteiger partial charge in [-0.1, -0.05) is 13.8 Å². The summed E-state index contributed by atoms with van der Waals surface area (Å²) in [6.07, 6.45) is 5.03. The van der Waals surface area contributed by atoms with Gasteiger partial charge in [0, 0.05) is 37.4 Å². The Morgan fingerprint density at radius 1 is 1.47 bits per heavy atom. The third kappa shape index (κ3) is 3.56. The molecule has 2 heterocycles. The number of rotatable bonds is 6. The molecular weight excluding hydrogens is 240 g/mol. The van der Waals surface area contributed by atoms with Gasteiger partial charge in [0.2, 0.25) is 5.95 Å². The highest BCUT2D eigenvalue weighted by molar-refractivity contribution is 5.49. The predicted octanol–water partition coefficient (Wildman–Crippen LogP) is 1.87. The zero-order valence-corrected chi connectivity index (χ0v) is 11.9. The maximum Gasteiger partial charge on any atom is 0.221 e. The molecule has 0 spiro atoms.